The zero-order chi connectivity index (χ0) is 19.0. The predicted molar refractivity (Wildman–Crippen MR) is 103 cm³/mol. The van der Waals surface area contributed by atoms with E-state index in [2.05, 4.69) is 12.1 Å². The van der Waals surface area contributed by atoms with Crippen LogP contribution in [0.25, 0.3) is 5.57 Å². The second-order valence-electron chi connectivity index (χ2n) is 6.64. The summed E-state index contributed by atoms with van der Waals surface area (Å²) >= 11 is 0. The number of hydrogen-bond donors (Lipinski definition) is 0. The largest absolute Gasteiger partial charge is 0.618 e. The van der Waals surface area contributed by atoms with Gasteiger partial charge in [-0.15, -0.1) is 0 Å². The molecule has 0 spiro atoms. The highest BCUT2D eigenvalue weighted by Crippen LogP contribution is 2.38. The second-order valence-corrected chi connectivity index (χ2v) is 6.64. The van der Waals surface area contributed by atoms with Crippen LogP contribution in [0.15, 0.2) is 48.3 Å². The second kappa shape index (κ2) is 6.87. The van der Waals surface area contributed by atoms with Gasteiger partial charge in [-0.05, 0) is 29.7 Å². The Hall–Kier alpha value is -3.15. The molecule has 0 saturated carbocycles. The summed E-state index contributed by atoms with van der Waals surface area (Å²) in [4.78, 5) is 0. The molecular weight excluding hydrogens is 344 g/mol. The van der Waals surface area contributed by atoms with Crippen LogP contribution in [-0.2, 0) is 6.54 Å². The number of fused-ring (bicyclic) bond motifs is 2. The van der Waals surface area contributed by atoms with Crippen LogP contribution < -0.4 is 14.2 Å². The monoisotopic (exact) mass is 366 g/mol. The van der Waals surface area contributed by atoms with E-state index < -0.39 is 0 Å². The van der Waals surface area contributed by atoms with Crippen LogP contribution in [0.1, 0.15) is 17.7 Å². The van der Waals surface area contributed by atoms with Gasteiger partial charge in [-0.2, -0.15) is 4.74 Å². The van der Waals surface area contributed by atoms with E-state index in [1.165, 1.54) is 5.57 Å². The van der Waals surface area contributed by atoms with E-state index in [1.807, 2.05) is 35.0 Å². The minimum atomic E-state index is 0.0731. The summed E-state index contributed by atoms with van der Waals surface area (Å²) in [6, 6.07) is 8.01. The van der Waals surface area contributed by atoms with Gasteiger partial charge in [-0.25, -0.2) is 0 Å². The number of aromatic nitrogens is 1. The van der Waals surface area contributed by atoms with Gasteiger partial charge in [-0.1, -0.05) is 18.2 Å². The van der Waals surface area contributed by atoms with E-state index >= 15 is 0 Å². The minimum Gasteiger partial charge on any atom is -0.618 e. The molecule has 140 valence electrons. The van der Waals surface area contributed by atoms with Crippen molar-refractivity contribution in [1.29, 1.82) is 0 Å². The number of ether oxygens (including phenoxy) is 3. The van der Waals surface area contributed by atoms with Crippen molar-refractivity contribution < 1.29 is 18.9 Å². The van der Waals surface area contributed by atoms with Crippen LogP contribution in [0, 0.1) is 11.1 Å². The zero-order valence-electron chi connectivity index (χ0n) is 15.6. The normalized spacial score (nSPS) is 18.3. The first-order chi connectivity index (χ1) is 13.1. The standard InChI is InChI=1S/C21H22N2O4/c1-25-17-7-4-14(5-8-17)15-6-9-18-16(10-15)11-22-13-20(26-2)21(27-3)19(22)12-23(18)24/h4-9,12-13,16H,10-11H2,1-3H3/t16-/m0/s1. The maximum absolute atomic E-state index is 12.7. The third-order valence-corrected chi connectivity index (χ3v) is 5.17. The molecule has 4 rings (SSSR count). The Labute approximate surface area is 158 Å². The highest BCUT2D eigenvalue weighted by molar-refractivity contribution is 5.81. The molecule has 2 heterocycles. The van der Waals surface area contributed by atoms with Crippen molar-refractivity contribution in [3.63, 3.8) is 0 Å². The van der Waals surface area contributed by atoms with Crippen LogP contribution in [0.4, 0.5) is 0 Å². The molecule has 1 aromatic heterocycles. The molecule has 0 bridgehead atoms. The molecular formula is C21H22N2O4. The minimum absolute atomic E-state index is 0.0731. The lowest BCUT2D eigenvalue weighted by atomic mass is 9.87. The third-order valence-electron chi connectivity index (χ3n) is 5.17. The van der Waals surface area contributed by atoms with Crippen LogP contribution in [0.2, 0.25) is 0 Å². The van der Waals surface area contributed by atoms with Gasteiger partial charge in [0.25, 0.3) is 0 Å². The Morgan fingerprint density at radius 2 is 1.81 bits per heavy atom. The smallest absolute Gasteiger partial charge is 0.208 e. The van der Waals surface area contributed by atoms with Gasteiger partial charge < -0.3 is 24.0 Å². The number of methoxy groups -OCH3 is 3. The van der Waals surface area contributed by atoms with Crippen molar-refractivity contribution >= 4 is 11.8 Å². The lowest BCUT2D eigenvalue weighted by Gasteiger charge is -2.22. The number of benzene rings is 1. The Morgan fingerprint density at radius 1 is 1.04 bits per heavy atom. The van der Waals surface area contributed by atoms with Gasteiger partial charge in [0.1, 0.15) is 5.75 Å². The number of rotatable bonds is 4. The highest BCUT2D eigenvalue weighted by Gasteiger charge is 2.32. The molecule has 0 unspecified atom stereocenters. The van der Waals surface area contributed by atoms with Crippen molar-refractivity contribution in [2.24, 2.45) is 5.92 Å². The molecule has 6 nitrogen and oxygen atoms in total. The Kier molecular flexibility index (Phi) is 4.39. The Morgan fingerprint density at radius 3 is 2.48 bits per heavy atom. The van der Waals surface area contributed by atoms with E-state index in [-0.39, 0.29) is 5.92 Å². The molecule has 1 aromatic carbocycles. The molecule has 0 radical (unpaired) electrons. The Bertz CT molecular complexity index is 951. The van der Waals surface area contributed by atoms with E-state index in [1.54, 1.807) is 27.5 Å². The summed E-state index contributed by atoms with van der Waals surface area (Å²) in [5.74, 6) is 2.12. The first-order valence-electron chi connectivity index (χ1n) is 8.82. The quantitative estimate of drug-likeness (QED) is 0.614. The molecule has 6 heteroatoms. The fourth-order valence-electron chi connectivity index (χ4n) is 3.77. The molecule has 0 N–H and O–H groups in total. The first-order valence-corrected chi connectivity index (χ1v) is 8.82. The summed E-state index contributed by atoms with van der Waals surface area (Å²) in [6.45, 7) is 0.684. The lowest BCUT2D eigenvalue weighted by molar-refractivity contribution is -0.404. The van der Waals surface area contributed by atoms with Crippen molar-refractivity contribution in [2.75, 3.05) is 21.3 Å². The van der Waals surface area contributed by atoms with E-state index in [0.29, 0.717) is 18.0 Å². The summed E-state index contributed by atoms with van der Waals surface area (Å²) in [5, 5.41) is 12.7. The van der Waals surface area contributed by atoms with Gasteiger partial charge in [-0.3, -0.25) is 0 Å². The molecule has 2 aliphatic rings. The number of nitrogens with zero attached hydrogens (tertiary/aromatic N) is 2. The average molecular weight is 366 g/mol. The zero-order valence-corrected chi connectivity index (χ0v) is 15.6. The number of allylic oxidation sites excluding steroid dienone is 4. The molecule has 1 aliphatic carbocycles. The number of hydrogen-bond acceptors (Lipinski definition) is 4. The van der Waals surface area contributed by atoms with Crippen molar-refractivity contribution in [1.82, 2.24) is 4.57 Å². The van der Waals surface area contributed by atoms with Crippen molar-refractivity contribution in [3.8, 4) is 17.2 Å². The predicted octanol–water partition coefficient (Wildman–Crippen LogP) is 3.44. The number of hydroxylamine groups is 1. The molecule has 1 atom stereocenters. The topological polar surface area (TPSA) is 58.7 Å². The third kappa shape index (κ3) is 2.97. The van der Waals surface area contributed by atoms with Gasteiger partial charge >= 0.3 is 0 Å². The average Bonchev–Trinajstić information content (AvgIpc) is 2.97. The maximum atomic E-state index is 12.7. The summed E-state index contributed by atoms with van der Waals surface area (Å²) in [5.41, 5.74) is 3.83. The van der Waals surface area contributed by atoms with Crippen LogP contribution in [0.5, 0.6) is 17.2 Å². The van der Waals surface area contributed by atoms with Crippen LogP contribution >= 0.6 is 0 Å². The fourth-order valence-corrected chi connectivity index (χ4v) is 3.77. The van der Waals surface area contributed by atoms with E-state index in [9.17, 15) is 5.21 Å². The van der Waals surface area contributed by atoms with Crippen molar-refractivity contribution in [2.45, 2.75) is 13.0 Å². The molecule has 0 saturated heterocycles. The van der Waals surface area contributed by atoms with Gasteiger partial charge in [0.05, 0.1) is 33.4 Å². The molecule has 0 amide bonds. The SMILES string of the molecule is COc1ccc(C2=CC=C3[C@@H](C2)Cn2cc(OC)c(OC)c2C=[N+]3[O-])cc1. The van der Waals surface area contributed by atoms with E-state index in [0.717, 1.165) is 33.9 Å². The molecule has 2 aromatic rings. The van der Waals surface area contributed by atoms with E-state index in [4.69, 9.17) is 14.2 Å². The first kappa shape index (κ1) is 17.3. The van der Waals surface area contributed by atoms with Crippen LogP contribution in [-0.4, -0.2) is 36.8 Å². The van der Waals surface area contributed by atoms with Crippen LogP contribution in [0.3, 0.4) is 0 Å². The summed E-state index contributed by atoms with van der Waals surface area (Å²) in [6.07, 6.45) is 8.21. The molecule has 0 fully saturated rings. The molecule has 27 heavy (non-hydrogen) atoms. The van der Waals surface area contributed by atoms with Gasteiger partial charge in [0.15, 0.2) is 22.9 Å². The van der Waals surface area contributed by atoms with Gasteiger partial charge in [0.2, 0.25) is 6.21 Å². The lowest BCUT2D eigenvalue weighted by Crippen LogP contribution is -2.18. The fraction of sp³-hybridized carbons (Fsp3) is 0.286. The highest BCUT2D eigenvalue weighted by atomic mass is 16.5. The summed E-state index contributed by atoms with van der Waals surface area (Å²) < 4.78 is 19.1. The van der Waals surface area contributed by atoms with Crippen molar-refractivity contribution in [3.05, 3.63) is 64.8 Å². The Balaban J connectivity index is 1.69. The van der Waals surface area contributed by atoms with Gasteiger partial charge in [0, 0.05) is 12.6 Å². The summed E-state index contributed by atoms with van der Waals surface area (Å²) in [7, 11) is 4.84. The maximum Gasteiger partial charge on any atom is 0.208 e. The molecule has 1 aliphatic heterocycles.